The molecule has 0 saturated heterocycles. The molecule has 0 bridgehead atoms. The molecule has 1 heterocycles. The lowest BCUT2D eigenvalue weighted by molar-refractivity contribution is 0.207. The highest BCUT2D eigenvalue weighted by molar-refractivity contribution is 6.20. The summed E-state index contributed by atoms with van der Waals surface area (Å²) in [5.41, 5.74) is 8.11. The number of nitrogens with one attached hydrogen (secondary N) is 1. The van der Waals surface area contributed by atoms with Gasteiger partial charge in [0.2, 0.25) is 0 Å². The summed E-state index contributed by atoms with van der Waals surface area (Å²) in [5.74, 6) is -0.294. The van der Waals surface area contributed by atoms with Crippen LogP contribution in [0.1, 0.15) is 16.5 Å². The van der Waals surface area contributed by atoms with E-state index in [1.807, 2.05) is 18.2 Å². The Kier molecular flexibility index (Phi) is 5.64. The van der Waals surface area contributed by atoms with Crippen LogP contribution in [0.15, 0.2) is 42.5 Å². The molecule has 0 spiro atoms. The minimum Gasteiger partial charge on any atom is -0.376 e. The van der Waals surface area contributed by atoms with Crippen molar-refractivity contribution in [3.05, 3.63) is 59.4 Å². The number of carbonyl (C=O) groups is 1. The monoisotopic (exact) mass is 369 g/mol. The number of halogens is 3. The molecule has 3 rings (SSSR count). The van der Waals surface area contributed by atoms with Crippen molar-refractivity contribution in [2.45, 2.75) is 11.8 Å². The Hall–Kier alpha value is -2.31. The van der Waals surface area contributed by atoms with Crippen LogP contribution in [0.5, 0.6) is 6.01 Å². The molecule has 0 aliphatic carbocycles. The maximum atomic E-state index is 12.9. The summed E-state index contributed by atoms with van der Waals surface area (Å²) in [4.78, 5) is 17.7. The number of imidazole rings is 1. The van der Waals surface area contributed by atoms with E-state index in [1.54, 1.807) is 12.1 Å². The van der Waals surface area contributed by atoms with Crippen molar-refractivity contribution in [2.75, 3.05) is 0 Å². The molecule has 5 nitrogen and oxygen atoms in total. The van der Waals surface area contributed by atoms with Gasteiger partial charge in [0.25, 0.3) is 0 Å². The van der Waals surface area contributed by atoms with Crippen molar-refractivity contribution in [3.63, 3.8) is 0 Å². The number of H-pyrrole nitrogens is 1. The predicted octanol–water partition coefficient (Wildman–Crippen LogP) is 4.10. The standard InChI is InChI=1S/C16H13ClFN3O2.ClH/c17-12(10-2-4-11(18)5-3-10)7-9-1-6-13-14(8-9)21-16(20-13)23-15(19)22;/h1-6,8,12H,7H2,(H2,19,22)(H,20,21);1H. The summed E-state index contributed by atoms with van der Waals surface area (Å²) in [6.07, 6.45) is -0.372. The number of alkyl halides is 1. The van der Waals surface area contributed by atoms with Gasteiger partial charge in [-0.15, -0.1) is 24.0 Å². The SMILES string of the molecule is Cl.NC(=O)Oc1nc2cc(CC(Cl)c3ccc(F)cc3)ccc2[nH]1. The summed E-state index contributed by atoms with van der Waals surface area (Å²) >= 11 is 6.38. The Morgan fingerprint density at radius 3 is 2.67 bits per heavy atom. The number of rotatable bonds is 4. The van der Waals surface area contributed by atoms with Crippen LogP contribution in [0.2, 0.25) is 0 Å². The van der Waals surface area contributed by atoms with Crippen LogP contribution < -0.4 is 10.5 Å². The lowest BCUT2D eigenvalue weighted by atomic mass is 10.0. The quantitative estimate of drug-likeness (QED) is 0.679. The molecule has 3 aromatic rings. The predicted molar refractivity (Wildman–Crippen MR) is 92.3 cm³/mol. The highest BCUT2D eigenvalue weighted by Crippen LogP contribution is 2.27. The van der Waals surface area contributed by atoms with E-state index >= 15 is 0 Å². The number of hydrogen-bond acceptors (Lipinski definition) is 3. The van der Waals surface area contributed by atoms with Gasteiger partial charge in [0, 0.05) is 0 Å². The van der Waals surface area contributed by atoms with E-state index in [4.69, 9.17) is 22.1 Å². The fourth-order valence-corrected chi connectivity index (χ4v) is 2.62. The van der Waals surface area contributed by atoms with Crippen LogP contribution in [0.3, 0.4) is 0 Å². The summed E-state index contributed by atoms with van der Waals surface area (Å²) < 4.78 is 17.7. The number of nitrogens with two attached hydrogens (primary N) is 1. The van der Waals surface area contributed by atoms with Crippen LogP contribution in [-0.2, 0) is 6.42 Å². The van der Waals surface area contributed by atoms with Gasteiger partial charge in [-0.2, -0.15) is 4.98 Å². The first-order valence-corrected chi connectivity index (χ1v) is 7.30. The smallest absolute Gasteiger partial charge is 0.376 e. The van der Waals surface area contributed by atoms with E-state index in [9.17, 15) is 9.18 Å². The number of aromatic nitrogens is 2. The number of amides is 1. The molecular weight excluding hydrogens is 356 g/mol. The number of hydrogen-bond donors (Lipinski definition) is 2. The molecule has 3 N–H and O–H groups in total. The molecule has 8 heteroatoms. The summed E-state index contributed by atoms with van der Waals surface area (Å²) in [7, 11) is 0. The Bertz CT molecular complexity index is 852. The first kappa shape index (κ1) is 18.0. The third kappa shape index (κ3) is 4.15. The zero-order valence-corrected chi connectivity index (χ0v) is 13.9. The zero-order chi connectivity index (χ0) is 16.4. The maximum Gasteiger partial charge on any atom is 0.412 e. The summed E-state index contributed by atoms with van der Waals surface area (Å²) in [6, 6.07) is 11.7. The molecule has 1 unspecified atom stereocenters. The Labute approximate surface area is 148 Å². The number of ether oxygens (including phenoxy) is 1. The van der Waals surface area contributed by atoms with E-state index in [1.165, 1.54) is 12.1 Å². The molecule has 0 saturated carbocycles. The van der Waals surface area contributed by atoms with E-state index in [-0.39, 0.29) is 29.6 Å². The van der Waals surface area contributed by atoms with Crippen LogP contribution in [0.25, 0.3) is 11.0 Å². The van der Waals surface area contributed by atoms with Crippen molar-refractivity contribution >= 4 is 41.1 Å². The molecule has 126 valence electrons. The summed E-state index contributed by atoms with van der Waals surface area (Å²) in [6.45, 7) is 0. The number of nitrogens with zero attached hydrogens (tertiary/aromatic N) is 1. The molecule has 1 aromatic heterocycles. The Balaban J connectivity index is 0.00000208. The number of carbonyl (C=O) groups excluding carboxylic acids is 1. The molecule has 24 heavy (non-hydrogen) atoms. The molecule has 0 radical (unpaired) electrons. The van der Waals surface area contributed by atoms with Crippen molar-refractivity contribution in [1.29, 1.82) is 0 Å². The lowest BCUT2D eigenvalue weighted by Crippen LogP contribution is -2.16. The zero-order valence-electron chi connectivity index (χ0n) is 12.3. The average molecular weight is 370 g/mol. The van der Waals surface area contributed by atoms with Crippen molar-refractivity contribution in [1.82, 2.24) is 9.97 Å². The molecule has 1 atom stereocenters. The average Bonchev–Trinajstić information content (AvgIpc) is 2.88. The third-order valence-electron chi connectivity index (χ3n) is 3.37. The van der Waals surface area contributed by atoms with E-state index in [0.717, 1.165) is 16.6 Å². The van der Waals surface area contributed by atoms with Crippen LogP contribution in [0.4, 0.5) is 9.18 Å². The first-order valence-electron chi connectivity index (χ1n) is 6.87. The van der Waals surface area contributed by atoms with Crippen LogP contribution in [-0.4, -0.2) is 16.1 Å². The maximum absolute atomic E-state index is 12.9. The van der Waals surface area contributed by atoms with Crippen molar-refractivity contribution < 1.29 is 13.9 Å². The van der Waals surface area contributed by atoms with Gasteiger partial charge in [0.1, 0.15) is 5.82 Å². The molecule has 1 amide bonds. The lowest BCUT2D eigenvalue weighted by Gasteiger charge is -2.10. The molecule has 2 aromatic carbocycles. The highest BCUT2D eigenvalue weighted by Gasteiger charge is 2.11. The van der Waals surface area contributed by atoms with Gasteiger partial charge in [-0.05, 0) is 41.8 Å². The minimum atomic E-state index is -0.929. The van der Waals surface area contributed by atoms with Gasteiger partial charge < -0.3 is 15.5 Å². The fraction of sp³-hybridized carbons (Fsp3) is 0.125. The van der Waals surface area contributed by atoms with Gasteiger partial charge in [0.05, 0.1) is 16.4 Å². The summed E-state index contributed by atoms with van der Waals surface area (Å²) in [5, 5.41) is -0.284. The molecule has 0 fully saturated rings. The molecule has 0 aliphatic heterocycles. The van der Waals surface area contributed by atoms with E-state index in [0.29, 0.717) is 11.9 Å². The number of primary amides is 1. The van der Waals surface area contributed by atoms with Gasteiger partial charge in [-0.1, -0.05) is 18.2 Å². The van der Waals surface area contributed by atoms with Crippen LogP contribution in [0, 0.1) is 5.82 Å². The van der Waals surface area contributed by atoms with Crippen molar-refractivity contribution in [3.8, 4) is 6.01 Å². The minimum absolute atomic E-state index is 0. The number of aromatic amines is 1. The third-order valence-corrected chi connectivity index (χ3v) is 3.78. The number of fused-ring (bicyclic) bond motifs is 1. The molecular formula is C16H14Cl2FN3O2. The Morgan fingerprint density at radius 1 is 1.29 bits per heavy atom. The van der Waals surface area contributed by atoms with E-state index in [2.05, 4.69) is 9.97 Å². The van der Waals surface area contributed by atoms with Crippen LogP contribution >= 0.6 is 24.0 Å². The molecule has 0 aliphatic rings. The number of benzene rings is 2. The van der Waals surface area contributed by atoms with E-state index < -0.39 is 6.09 Å². The van der Waals surface area contributed by atoms with Gasteiger partial charge in [-0.25, -0.2) is 9.18 Å². The van der Waals surface area contributed by atoms with Gasteiger partial charge >= 0.3 is 12.1 Å². The second kappa shape index (κ2) is 7.51. The van der Waals surface area contributed by atoms with Crippen molar-refractivity contribution in [2.24, 2.45) is 5.73 Å². The Morgan fingerprint density at radius 2 is 2.00 bits per heavy atom. The fourth-order valence-electron chi connectivity index (χ4n) is 2.29. The van der Waals surface area contributed by atoms with Gasteiger partial charge in [0.15, 0.2) is 0 Å². The topological polar surface area (TPSA) is 81.0 Å². The first-order chi connectivity index (χ1) is 11.0. The van der Waals surface area contributed by atoms with Gasteiger partial charge in [-0.3, -0.25) is 0 Å². The normalized spacial score (nSPS) is 11.8. The second-order valence-electron chi connectivity index (χ2n) is 5.04. The second-order valence-corrected chi connectivity index (χ2v) is 5.56. The highest BCUT2D eigenvalue weighted by atomic mass is 35.5. The largest absolute Gasteiger partial charge is 0.412 e.